The second-order valence-electron chi connectivity index (χ2n) is 4.84. The van der Waals surface area contributed by atoms with Crippen molar-refractivity contribution in [3.63, 3.8) is 0 Å². The fraction of sp³-hybridized carbons (Fsp3) is 0.538. The highest BCUT2D eigenvalue weighted by atomic mass is 32.2. The molecular weight excluding hydrogens is 281 g/mol. The number of anilines is 1. The summed E-state index contributed by atoms with van der Waals surface area (Å²) in [6.07, 6.45) is 0.704. The van der Waals surface area contributed by atoms with Crippen molar-refractivity contribution >= 4 is 15.7 Å². The molecule has 2 N–H and O–H groups in total. The molecule has 0 saturated heterocycles. The number of halogens is 1. The van der Waals surface area contributed by atoms with Crippen LogP contribution < -0.4 is 5.73 Å². The Hall–Kier alpha value is -1.18. The zero-order chi connectivity index (χ0) is 15.3. The number of hydrogen-bond acceptors (Lipinski definition) is 4. The van der Waals surface area contributed by atoms with E-state index < -0.39 is 15.8 Å². The number of sulfonamides is 1. The van der Waals surface area contributed by atoms with Gasteiger partial charge in [0.2, 0.25) is 10.0 Å². The summed E-state index contributed by atoms with van der Waals surface area (Å²) in [6, 6.07) is 3.39. The van der Waals surface area contributed by atoms with Gasteiger partial charge in [-0.25, -0.2) is 12.8 Å². The van der Waals surface area contributed by atoms with Crippen LogP contribution in [0.1, 0.15) is 13.3 Å². The quantitative estimate of drug-likeness (QED) is 0.773. The van der Waals surface area contributed by atoms with Gasteiger partial charge in [-0.2, -0.15) is 4.31 Å². The third kappa shape index (κ3) is 4.16. The van der Waals surface area contributed by atoms with Gasteiger partial charge in [-0.1, -0.05) is 6.92 Å². The molecule has 0 fully saturated rings. The lowest BCUT2D eigenvalue weighted by atomic mass is 10.3. The molecule has 0 saturated carbocycles. The van der Waals surface area contributed by atoms with Crippen LogP contribution in [0, 0.1) is 5.82 Å². The molecule has 0 amide bonds. The molecule has 0 unspecified atom stereocenters. The van der Waals surface area contributed by atoms with Crippen molar-refractivity contribution in [2.75, 3.05) is 39.5 Å². The molecule has 0 aliphatic carbocycles. The van der Waals surface area contributed by atoms with Gasteiger partial charge >= 0.3 is 0 Å². The molecule has 0 bridgehead atoms. The van der Waals surface area contributed by atoms with E-state index in [4.69, 9.17) is 5.73 Å². The maximum atomic E-state index is 13.3. The monoisotopic (exact) mass is 303 g/mol. The summed E-state index contributed by atoms with van der Waals surface area (Å²) in [4.78, 5) is 1.82. The van der Waals surface area contributed by atoms with E-state index in [1.807, 2.05) is 19.0 Å². The molecule has 5 nitrogen and oxygen atoms in total. The molecule has 1 aromatic rings. The molecule has 0 aliphatic heterocycles. The predicted molar refractivity (Wildman–Crippen MR) is 78.4 cm³/mol. The lowest BCUT2D eigenvalue weighted by Crippen LogP contribution is -2.33. The number of rotatable bonds is 7. The summed E-state index contributed by atoms with van der Waals surface area (Å²) >= 11 is 0. The van der Waals surface area contributed by atoms with Gasteiger partial charge in [-0.05, 0) is 45.3 Å². The maximum absolute atomic E-state index is 13.3. The topological polar surface area (TPSA) is 66.6 Å². The fourth-order valence-corrected chi connectivity index (χ4v) is 3.50. The molecule has 1 rings (SSSR count). The smallest absolute Gasteiger partial charge is 0.245 e. The average Bonchev–Trinajstić information content (AvgIpc) is 2.36. The van der Waals surface area contributed by atoms with Gasteiger partial charge in [0.05, 0.1) is 5.69 Å². The molecule has 0 radical (unpaired) electrons. The largest absolute Gasteiger partial charge is 0.398 e. The van der Waals surface area contributed by atoms with Crippen LogP contribution in [0.15, 0.2) is 23.1 Å². The van der Waals surface area contributed by atoms with Crippen molar-refractivity contribution < 1.29 is 12.8 Å². The molecule has 0 heterocycles. The first-order valence-electron chi connectivity index (χ1n) is 6.49. The van der Waals surface area contributed by atoms with E-state index >= 15 is 0 Å². The minimum absolute atomic E-state index is 0.0671. The molecule has 0 aromatic heterocycles. The zero-order valence-electron chi connectivity index (χ0n) is 12.1. The Bertz CT molecular complexity index is 547. The highest BCUT2D eigenvalue weighted by molar-refractivity contribution is 7.89. The van der Waals surface area contributed by atoms with E-state index in [0.29, 0.717) is 19.5 Å². The van der Waals surface area contributed by atoms with Crippen molar-refractivity contribution in [3.8, 4) is 0 Å². The Balaban J connectivity index is 2.97. The van der Waals surface area contributed by atoms with Crippen molar-refractivity contribution in [3.05, 3.63) is 24.0 Å². The summed E-state index contributed by atoms with van der Waals surface area (Å²) in [5, 5.41) is 0. The van der Waals surface area contributed by atoms with Gasteiger partial charge in [0.1, 0.15) is 10.7 Å². The van der Waals surface area contributed by atoms with Crippen LogP contribution in [0.2, 0.25) is 0 Å². The number of nitrogens with zero attached hydrogens (tertiary/aromatic N) is 2. The van der Waals surface area contributed by atoms with Gasteiger partial charge in [-0.3, -0.25) is 0 Å². The van der Waals surface area contributed by atoms with Crippen LogP contribution in [0.5, 0.6) is 0 Å². The second-order valence-corrected chi connectivity index (χ2v) is 6.74. The van der Waals surface area contributed by atoms with Gasteiger partial charge in [0.15, 0.2) is 0 Å². The molecular formula is C13H22FN3O2S. The van der Waals surface area contributed by atoms with Crippen LogP contribution in [-0.2, 0) is 10.0 Å². The van der Waals surface area contributed by atoms with Gasteiger partial charge in [-0.15, -0.1) is 0 Å². The molecule has 0 spiro atoms. The average molecular weight is 303 g/mol. The maximum Gasteiger partial charge on any atom is 0.245 e. The van der Waals surface area contributed by atoms with Crippen LogP contribution in [-0.4, -0.2) is 51.4 Å². The SMILES string of the molecule is CCN(CCCN(C)C)S(=O)(=O)c1cc(F)ccc1N. The van der Waals surface area contributed by atoms with Crippen molar-refractivity contribution in [2.45, 2.75) is 18.2 Å². The zero-order valence-corrected chi connectivity index (χ0v) is 13.0. The number of hydrogen-bond donors (Lipinski definition) is 1. The van der Waals surface area contributed by atoms with E-state index in [0.717, 1.165) is 18.7 Å². The number of nitrogen functional groups attached to an aromatic ring is 1. The first-order valence-corrected chi connectivity index (χ1v) is 7.93. The summed E-state index contributed by atoms with van der Waals surface area (Å²) in [6.45, 7) is 3.24. The second kappa shape index (κ2) is 7.01. The van der Waals surface area contributed by atoms with E-state index in [2.05, 4.69) is 0 Å². The van der Waals surface area contributed by atoms with Crippen molar-refractivity contribution in [1.29, 1.82) is 0 Å². The van der Waals surface area contributed by atoms with Crippen LogP contribution in [0.4, 0.5) is 10.1 Å². The fourth-order valence-electron chi connectivity index (χ4n) is 1.88. The summed E-state index contributed by atoms with van der Waals surface area (Å²) in [7, 11) is 0.0994. The Morgan fingerprint density at radius 3 is 2.45 bits per heavy atom. The third-order valence-electron chi connectivity index (χ3n) is 2.96. The molecule has 0 aliphatic rings. The van der Waals surface area contributed by atoms with E-state index in [1.54, 1.807) is 6.92 Å². The summed E-state index contributed by atoms with van der Waals surface area (Å²) < 4.78 is 39.5. The van der Waals surface area contributed by atoms with E-state index in [9.17, 15) is 12.8 Å². The Kier molecular flexibility index (Phi) is 5.91. The Labute approximate surface area is 120 Å². The van der Waals surface area contributed by atoms with Crippen molar-refractivity contribution in [1.82, 2.24) is 9.21 Å². The molecule has 0 atom stereocenters. The molecule has 7 heteroatoms. The highest BCUT2D eigenvalue weighted by Crippen LogP contribution is 2.23. The normalized spacial score (nSPS) is 12.3. The summed E-state index contributed by atoms with van der Waals surface area (Å²) in [5.41, 5.74) is 5.73. The van der Waals surface area contributed by atoms with Crippen LogP contribution in [0.25, 0.3) is 0 Å². The first-order chi connectivity index (χ1) is 9.28. The highest BCUT2D eigenvalue weighted by Gasteiger charge is 2.25. The predicted octanol–water partition coefficient (Wildman–Crippen LogP) is 1.37. The molecule has 1 aromatic carbocycles. The third-order valence-corrected chi connectivity index (χ3v) is 4.99. The number of nitrogens with two attached hydrogens (primary N) is 1. The van der Waals surface area contributed by atoms with Gasteiger partial charge < -0.3 is 10.6 Å². The minimum atomic E-state index is -3.75. The van der Waals surface area contributed by atoms with E-state index in [-0.39, 0.29) is 10.6 Å². The Morgan fingerprint density at radius 2 is 1.90 bits per heavy atom. The van der Waals surface area contributed by atoms with Gasteiger partial charge in [0, 0.05) is 13.1 Å². The Morgan fingerprint density at radius 1 is 1.25 bits per heavy atom. The lowest BCUT2D eigenvalue weighted by Gasteiger charge is -2.22. The minimum Gasteiger partial charge on any atom is -0.398 e. The van der Waals surface area contributed by atoms with Gasteiger partial charge in [0.25, 0.3) is 0 Å². The first kappa shape index (κ1) is 16.9. The number of benzene rings is 1. The molecule has 114 valence electrons. The van der Waals surface area contributed by atoms with E-state index in [1.165, 1.54) is 10.4 Å². The molecule has 20 heavy (non-hydrogen) atoms. The standard InChI is InChI=1S/C13H22FN3O2S/c1-4-17(9-5-8-16(2)3)20(18,19)13-10-11(14)6-7-12(13)15/h6-7,10H,4-5,8-9,15H2,1-3H3. The van der Waals surface area contributed by atoms with Crippen LogP contribution in [0.3, 0.4) is 0 Å². The van der Waals surface area contributed by atoms with Crippen LogP contribution >= 0.6 is 0 Å². The van der Waals surface area contributed by atoms with Crippen molar-refractivity contribution in [2.24, 2.45) is 0 Å². The summed E-state index contributed by atoms with van der Waals surface area (Å²) in [5.74, 6) is -0.609. The lowest BCUT2D eigenvalue weighted by molar-refractivity contribution is 0.356.